The quantitative estimate of drug-likeness (QED) is 0.875. The number of hydrogen-bond donors (Lipinski definition) is 1. The third-order valence-corrected chi connectivity index (χ3v) is 5.46. The minimum atomic E-state index is -3.56. The normalized spacial score (nSPS) is 18.0. The molecule has 0 spiro atoms. The Morgan fingerprint density at radius 2 is 2.05 bits per heavy atom. The molecule has 0 bridgehead atoms. The Hall–Kier alpha value is -1.38. The number of aliphatic carboxylic acids is 1. The summed E-state index contributed by atoms with van der Waals surface area (Å²) in [5.74, 6) is -0.0722. The first-order valence-corrected chi connectivity index (χ1v) is 8.15. The van der Waals surface area contributed by atoms with E-state index in [0.717, 1.165) is 0 Å². The number of carbonyl (C=O) groups is 1. The van der Waals surface area contributed by atoms with Crippen molar-refractivity contribution in [1.82, 2.24) is 4.31 Å². The van der Waals surface area contributed by atoms with Crippen LogP contribution in [0.3, 0.4) is 0 Å². The van der Waals surface area contributed by atoms with E-state index in [1.807, 2.05) is 0 Å². The molecule has 7 nitrogen and oxygen atoms in total. The van der Waals surface area contributed by atoms with Crippen molar-refractivity contribution in [1.29, 1.82) is 0 Å². The zero-order chi connectivity index (χ0) is 15.6. The van der Waals surface area contributed by atoms with Gasteiger partial charge >= 0.3 is 5.97 Å². The second-order valence-electron chi connectivity index (χ2n) is 5.09. The summed E-state index contributed by atoms with van der Waals surface area (Å²) in [5, 5.41) is 8.57. The average Bonchev–Trinajstić information content (AvgIpc) is 2.76. The lowest BCUT2D eigenvalue weighted by Gasteiger charge is -2.30. The molecular weight excluding hydrogens is 298 g/mol. The number of aryl methyl sites for hydroxylation is 2. The highest BCUT2D eigenvalue weighted by molar-refractivity contribution is 7.89. The molecule has 1 aliphatic heterocycles. The lowest BCUT2D eigenvalue weighted by atomic mass is 10.1. The molecule has 2 rings (SSSR count). The van der Waals surface area contributed by atoms with E-state index in [1.165, 1.54) is 10.4 Å². The SMILES string of the molecule is Cc1cc(S(=O)(=O)N2CCC(OCC(=O)O)CC2)c(C)o1. The van der Waals surface area contributed by atoms with Gasteiger partial charge in [0.2, 0.25) is 10.0 Å². The van der Waals surface area contributed by atoms with E-state index >= 15 is 0 Å². The monoisotopic (exact) mass is 317 g/mol. The van der Waals surface area contributed by atoms with E-state index in [4.69, 9.17) is 14.3 Å². The van der Waals surface area contributed by atoms with Gasteiger partial charge in [-0.25, -0.2) is 13.2 Å². The molecular formula is C13H19NO6S. The van der Waals surface area contributed by atoms with Crippen LogP contribution in [0.15, 0.2) is 15.4 Å². The van der Waals surface area contributed by atoms with E-state index < -0.39 is 16.0 Å². The van der Waals surface area contributed by atoms with Crippen LogP contribution >= 0.6 is 0 Å². The van der Waals surface area contributed by atoms with Gasteiger partial charge in [0, 0.05) is 13.1 Å². The fraction of sp³-hybridized carbons (Fsp3) is 0.615. The second kappa shape index (κ2) is 6.17. The first kappa shape index (κ1) is 16.0. The molecule has 0 radical (unpaired) electrons. The molecule has 1 fully saturated rings. The highest BCUT2D eigenvalue weighted by Gasteiger charge is 2.32. The molecule has 8 heteroatoms. The highest BCUT2D eigenvalue weighted by atomic mass is 32.2. The molecule has 1 aromatic rings. The predicted octanol–water partition coefficient (Wildman–Crippen LogP) is 1.15. The molecule has 0 unspecified atom stereocenters. The Balaban J connectivity index is 2.01. The summed E-state index contributed by atoms with van der Waals surface area (Å²) in [6, 6.07) is 1.53. The number of nitrogens with zero attached hydrogens (tertiary/aromatic N) is 1. The van der Waals surface area contributed by atoms with Crippen LogP contribution in [0, 0.1) is 13.8 Å². The predicted molar refractivity (Wildman–Crippen MR) is 73.6 cm³/mol. The van der Waals surface area contributed by atoms with Crippen molar-refractivity contribution >= 4 is 16.0 Å². The first-order chi connectivity index (χ1) is 9.80. The van der Waals surface area contributed by atoms with Crippen molar-refractivity contribution in [3.05, 3.63) is 17.6 Å². The van der Waals surface area contributed by atoms with Crippen molar-refractivity contribution in [2.24, 2.45) is 0 Å². The molecule has 0 aliphatic carbocycles. The van der Waals surface area contributed by atoms with E-state index in [9.17, 15) is 13.2 Å². The van der Waals surface area contributed by atoms with Gasteiger partial charge in [-0.1, -0.05) is 0 Å². The number of sulfonamides is 1. The molecule has 0 amide bonds. The standard InChI is InChI=1S/C13H19NO6S/c1-9-7-12(10(2)20-9)21(17,18)14-5-3-11(4-6-14)19-8-13(15)16/h7,11H,3-6,8H2,1-2H3,(H,15,16). The molecule has 1 aliphatic rings. The molecule has 1 N–H and O–H groups in total. The number of carboxylic acids is 1. The fourth-order valence-corrected chi connectivity index (χ4v) is 4.12. The van der Waals surface area contributed by atoms with Crippen LogP contribution in [0.4, 0.5) is 0 Å². The topological polar surface area (TPSA) is 97.0 Å². The number of hydrogen-bond acceptors (Lipinski definition) is 5. The summed E-state index contributed by atoms with van der Waals surface area (Å²) in [7, 11) is -3.56. The summed E-state index contributed by atoms with van der Waals surface area (Å²) in [6.07, 6.45) is 0.768. The summed E-state index contributed by atoms with van der Waals surface area (Å²) in [6.45, 7) is 3.62. The van der Waals surface area contributed by atoms with Crippen molar-refractivity contribution < 1.29 is 27.5 Å². The van der Waals surface area contributed by atoms with E-state index in [-0.39, 0.29) is 17.6 Å². The second-order valence-corrected chi connectivity index (χ2v) is 6.99. The number of ether oxygens (including phenoxy) is 1. The summed E-state index contributed by atoms with van der Waals surface area (Å²) >= 11 is 0. The largest absolute Gasteiger partial charge is 0.480 e. The minimum Gasteiger partial charge on any atom is -0.480 e. The maximum absolute atomic E-state index is 12.5. The van der Waals surface area contributed by atoms with Gasteiger partial charge < -0.3 is 14.3 Å². The number of furan rings is 1. The first-order valence-electron chi connectivity index (χ1n) is 6.71. The zero-order valence-corrected chi connectivity index (χ0v) is 12.9. The van der Waals surface area contributed by atoms with Gasteiger partial charge in [-0.2, -0.15) is 4.31 Å². The van der Waals surface area contributed by atoms with Gasteiger partial charge in [0.25, 0.3) is 0 Å². The summed E-state index contributed by atoms with van der Waals surface area (Å²) in [4.78, 5) is 10.6. The van der Waals surface area contributed by atoms with Gasteiger partial charge in [0.1, 0.15) is 23.0 Å². The molecule has 1 aromatic heterocycles. The number of rotatable bonds is 5. The Morgan fingerprint density at radius 3 is 2.52 bits per heavy atom. The Morgan fingerprint density at radius 1 is 1.43 bits per heavy atom. The molecule has 21 heavy (non-hydrogen) atoms. The van der Waals surface area contributed by atoms with Crippen LogP contribution in [0.1, 0.15) is 24.4 Å². The van der Waals surface area contributed by atoms with Crippen LogP contribution in [-0.4, -0.2) is 49.6 Å². The van der Waals surface area contributed by atoms with Gasteiger partial charge in [-0.05, 0) is 32.8 Å². The minimum absolute atomic E-state index is 0.199. The lowest BCUT2D eigenvalue weighted by molar-refractivity contribution is -0.145. The van der Waals surface area contributed by atoms with Crippen molar-refractivity contribution in [2.45, 2.75) is 37.7 Å². The van der Waals surface area contributed by atoms with Gasteiger partial charge in [0.05, 0.1) is 6.10 Å². The van der Waals surface area contributed by atoms with Crippen molar-refractivity contribution in [3.63, 3.8) is 0 Å². The van der Waals surface area contributed by atoms with E-state index in [1.54, 1.807) is 13.8 Å². The molecule has 2 heterocycles. The third-order valence-electron chi connectivity index (χ3n) is 3.46. The smallest absolute Gasteiger partial charge is 0.329 e. The highest BCUT2D eigenvalue weighted by Crippen LogP contribution is 2.26. The summed E-state index contributed by atoms with van der Waals surface area (Å²) < 4.78 is 36.9. The maximum Gasteiger partial charge on any atom is 0.329 e. The van der Waals surface area contributed by atoms with Crippen molar-refractivity contribution in [2.75, 3.05) is 19.7 Å². The van der Waals surface area contributed by atoms with Crippen LogP contribution in [0.2, 0.25) is 0 Å². The van der Waals surface area contributed by atoms with E-state index in [2.05, 4.69) is 0 Å². The summed E-state index contributed by atoms with van der Waals surface area (Å²) in [5.41, 5.74) is 0. The lowest BCUT2D eigenvalue weighted by Crippen LogP contribution is -2.41. The van der Waals surface area contributed by atoms with Gasteiger partial charge in [-0.15, -0.1) is 0 Å². The Bertz CT molecular complexity index is 613. The van der Waals surface area contributed by atoms with Crippen LogP contribution in [0.5, 0.6) is 0 Å². The van der Waals surface area contributed by atoms with Gasteiger partial charge in [0.15, 0.2) is 0 Å². The number of piperidine rings is 1. The Labute approximate surface area is 123 Å². The molecule has 0 aromatic carbocycles. The molecule has 0 atom stereocenters. The molecule has 118 valence electrons. The molecule has 1 saturated heterocycles. The van der Waals surface area contributed by atoms with Crippen LogP contribution in [0.25, 0.3) is 0 Å². The zero-order valence-electron chi connectivity index (χ0n) is 12.0. The van der Waals surface area contributed by atoms with Crippen LogP contribution in [-0.2, 0) is 19.6 Å². The maximum atomic E-state index is 12.5. The third kappa shape index (κ3) is 3.63. The Kier molecular flexibility index (Phi) is 4.70. The van der Waals surface area contributed by atoms with E-state index in [0.29, 0.717) is 37.5 Å². The average molecular weight is 317 g/mol. The van der Waals surface area contributed by atoms with Gasteiger partial charge in [-0.3, -0.25) is 0 Å². The molecule has 0 saturated carbocycles. The van der Waals surface area contributed by atoms with Crippen molar-refractivity contribution in [3.8, 4) is 0 Å². The fourth-order valence-electron chi connectivity index (χ4n) is 2.43. The number of carboxylic acid groups (broad SMARTS) is 1. The van der Waals surface area contributed by atoms with Crippen LogP contribution < -0.4 is 0 Å².